The molecule has 0 nitrogen and oxygen atoms in total. The standard InChI is InChI=1S/C17H36P/c1-7-9-10-11-12-14-18(5,6)15-17(13-8-2)16(3)4/h9-10,16-17H,7-8,11-15H2,1-6H3/q+1/b10-9-. The molecule has 0 aliphatic heterocycles. The Morgan fingerprint density at radius 3 is 2.22 bits per heavy atom. The van der Waals surface area contributed by atoms with Crippen molar-refractivity contribution in [1.82, 2.24) is 0 Å². The largest absolute Gasteiger partial charge is 0.0888 e. The minimum Gasteiger partial charge on any atom is -0.0888 e. The molecular weight excluding hydrogens is 235 g/mol. The lowest BCUT2D eigenvalue weighted by Crippen LogP contribution is -2.17. The normalized spacial score (nSPS) is 14.6. The highest BCUT2D eigenvalue weighted by Crippen LogP contribution is 2.54. The van der Waals surface area contributed by atoms with E-state index in [4.69, 9.17) is 0 Å². The minimum atomic E-state index is -0.665. The summed E-state index contributed by atoms with van der Waals surface area (Å²) < 4.78 is 0. The van der Waals surface area contributed by atoms with E-state index in [1.54, 1.807) is 0 Å². The average molecular weight is 271 g/mol. The maximum atomic E-state index is 2.57. The number of rotatable bonds is 10. The molecule has 108 valence electrons. The molecule has 0 aromatic heterocycles. The molecule has 1 atom stereocenters. The molecule has 0 aliphatic rings. The third kappa shape index (κ3) is 9.15. The zero-order valence-electron chi connectivity index (χ0n) is 13.7. The second kappa shape index (κ2) is 10.0. The Balaban J connectivity index is 4.06. The van der Waals surface area contributed by atoms with Crippen molar-refractivity contribution in [1.29, 1.82) is 0 Å². The molecule has 0 saturated heterocycles. The highest BCUT2D eigenvalue weighted by molar-refractivity contribution is 7.74. The Hall–Kier alpha value is 0.170. The summed E-state index contributed by atoms with van der Waals surface area (Å²) in [6.07, 6.45) is 14.3. The van der Waals surface area contributed by atoms with E-state index >= 15 is 0 Å². The molecule has 0 amide bonds. The van der Waals surface area contributed by atoms with Crippen LogP contribution in [0.2, 0.25) is 0 Å². The lowest BCUT2D eigenvalue weighted by atomic mass is 9.93. The molecule has 0 spiro atoms. The van der Waals surface area contributed by atoms with Gasteiger partial charge in [-0.05, 0) is 37.5 Å². The lowest BCUT2D eigenvalue weighted by molar-refractivity contribution is 0.392. The smallest absolute Gasteiger partial charge is 0.0619 e. The zero-order chi connectivity index (χ0) is 14.0. The maximum absolute atomic E-state index is 2.57. The van der Waals surface area contributed by atoms with Crippen molar-refractivity contribution < 1.29 is 0 Å². The van der Waals surface area contributed by atoms with Crippen LogP contribution in [0.4, 0.5) is 0 Å². The van der Waals surface area contributed by atoms with Gasteiger partial charge in [0.25, 0.3) is 0 Å². The average Bonchev–Trinajstić information content (AvgIpc) is 2.27. The van der Waals surface area contributed by atoms with Crippen LogP contribution in [0.1, 0.15) is 59.8 Å². The van der Waals surface area contributed by atoms with Crippen LogP contribution in [0, 0.1) is 11.8 Å². The Morgan fingerprint density at radius 2 is 1.72 bits per heavy atom. The van der Waals surface area contributed by atoms with Gasteiger partial charge in [-0.1, -0.05) is 46.3 Å². The quantitative estimate of drug-likeness (QED) is 0.256. The van der Waals surface area contributed by atoms with Gasteiger partial charge in [-0.3, -0.25) is 0 Å². The fourth-order valence-corrected chi connectivity index (χ4v) is 5.75. The molecule has 0 aliphatic carbocycles. The molecular formula is C17H36P+. The highest BCUT2D eigenvalue weighted by atomic mass is 31.2. The summed E-state index contributed by atoms with van der Waals surface area (Å²) in [5.74, 6) is 1.83. The first kappa shape index (κ1) is 18.2. The number of allylic oxidation sites excluding steroid dienone is 2. The second-order valence-electron chi connectivity index (χ2n) is 6.66. The first-order chi connectivity index (χ1) is 8.43. The van der Waals surface area contributed by atoms with Crippen molar-refractivity contribution in [3.63, 3.8) is 0 Å². The van der Waals surface area contributed by atoms with Crippen LogP contribution in [0.5, 0.6) is 0 Å². The topological polar surface area (TPSA) is 0 Å². The van der Waals surface area contributed by atoms with Crippen LogP contribution in [0.25, 0.3) is 0 Å². The van der Waals surface area contributed by atoms with E-state index in [1.165, 1.54) is 44.4 Å². The van der Waals surface area contributed by atoms with E-state index in [9.17, 15) is 0 Å². The third-order valence-corrected chi connectivity index (χ3v) is 6.85. The van der Waals surface area contributed by atoms with Gasteiger partial charge in [0.15, 0.2) is 0 Å². The summed E-state index contributed by atoms with van der Waals surface area (Å²) >= 11 is 0. The first-order valence-corrected chi connectivity index (χ1v) is 10.9. The first-order valence-electron chi connectivity index (χ1n) is 7.90. The van der Waals surface area contributed by atoms with Gasteiger partial charge < -0.3 is 0 Å². The Labute approximate surface area is 117 Å². The molecule has 0 aromatic carbocycles. The van der Waals surface area contributed by atoms with E-state index in [0.717, 1.165) is 11.8 Å². The summed E-state index contributed by atoms with van der Waals surface area (Å²) in [6, 6.07) is 0. The molecule has 0 N–H and O–H groups in total. The summed E-state index contributed by atoms with van der Waals surface area (Å²) in [5.41, 5.74) is 0. The SMILES string of the molecule is CC/C=C\CCC[P+](C)(C)CC(CCC)C(C)C. The molecule has 0 bridgehead atoms. The van der Waals surface area contributed by atoms with Crippen LogP contribution < -0.4 is 0 Å². The minimum absolute atomic E-state index is 0.665. The molecule has 0 saturated carbocycles. The van der Waals surface area contributed by atoms with Gasteiger partial charge >= 0.3 is 0 Å². The summed E-state index contributed by atoms with van der Waals surface area (Å²) in [7, 11) is -0.665. The van der Waals surface area contributed by atoms with Crippen LogP contribution in [0.3, 0.4) is 0 Å². The molecule has 0 radical (unpaired) electrons. The summed E-state index contributed by atoms with van der Waals surface area (Å²) in [6.45, 7) is 14.5. The fourth-order valence-electron chi connectivity index (χ4n) is 2.65. The molecule has 1 unspecified atom stereocenters. The molecule has 0 aromatic rings. The van der Waals surface area contributed by atoms with Gasteiger partial charge in [0, 0.05) is 20.6 Å². The predicted molar refractivity (Wildman–Crippen MR) is 90.4 cm³/mol. The van der Waals surface area contributed by atoms with E-state index in [0.29, 0.717) is 0 Å². The van der Waals surface area contributed by atoms with Gasteiger partial charge in [-0.15, -0.1) is 0 Å². The predicted octanol–water partition coefficient (Wildman–Crippen LogP) is 6.08. The lowest BCUT2D eigenvalue weighted by Gasteiger charge is -2.26. The molecule has 0 fully saturated rings. The van der Waals surface area contributed by atoms with Crippen LogP contribution >= 0.6 is 7.26 Å². The number of unbranched alkanes of at least 4 members (excludes halogenated alkanes) is 1. The van der Waals surface area contributed by atoms with E-state index in [-0.39, 0.29) is 0 Å². The van der Waals surface area contributed by atoms with Crippen LogP contribution in [-0.2, 0) is 0 Å². The van der Waals surface area contributed by atoms with Crippen molar-refractivity contribution in [2.24, 2.45) is 11.8 Å². The maximum Gasteiger partial charge on any atom is 0.0619 e. The van der Waals surface area contributed by atoms with Gasteiger partial charge in [-0.25, -0.2) is 0 Å². The zero-order valence-corrected chi connectivity index (χ0v) is 14.6. The van der Waals surface area contributed by atoms with Crippen LogP contribution in [-0.4, -0.2) is 25.7 Å². The third-order valence-electron chi connectivity index (χ3n) is 3.87. The summed E-state index contributed by atoms with van der Waals surface area (Å²) in [4.78, 5) is 0. The fraction of sp³-hybridized carbons (Fsp3) is 0.882. The Morgan fingerprint density at radius 1 is 1.06 bits per heavy atom. The van der Waals surface area contributed by atoms with Gasteiger partial charge in [0.2, 0.25) is 0 Å². The van der Waals surface area contributed by atoms with E-state index in [1.807, 2.05) is 0 Å². The second-order valence-corrected chi connectivity index (χ2v) is 11.3. The van der Waals surface area contributed by atoms with Gasteiger partial charge in [0.1, 0.15) is 0 Å². The number of hydrogen-bond donors (Lipinski definition) is 0. The van der Waals surface area contributed by atoms with E-state index in [2.05, 4.69) is 53.2 Å². The molecule has 0 heterocycles. The van der Waals surface area contributed by atoms with Crippen molar-refractivity contribution >= 4 is 7.26 Å². The monoisotopic (exact) mass is 271 g/mol. The molecule has 1 heteroatoms. The van der Waals surface area contributed by atoms with Crippen molar-refractivity contribution in [2.45, 2.75) is 59.8 Å². The van der Waals surface area contributed by atoms with Gasteiger partial charge in [0.05, 0.1) is 12.3 Å². The Bertz CT molecular complexity index is 216. The van der Waals surface area contributed by atoms with E-state index < -0.39 is 7.26 Å². The summed E-state index contributed by atoms with van der Waals surface area (Å²) in [5, 5.41) is 0. The van der Waals surface area contributed by atoms with Crippen molar-refractivity contribution in [2.75, 3.05) is 25.7 Å². The molecule has 0 rings (SSSR count). The Kier molecular flexibility index (Phi) is 10.1. The van der Waals surface area contributed by atoms with Crippen molar-refractivity contribution in [3.8, 4) is 0 Å². The number of hydrogen-bond acceptors (Lipinski definition) is 0. The highest BCUT2D eigenvalue weighted by Gasteiger charge is 2.29. The van der Waals surface area contributed by atoms with Crippen molar-refractivity contribution in [3.05, 3.63) is 12.2 Å². The van der Waals surface area contributed by atoms with Crippen LogP contribution in [0.15, 0.2) is 12.2 Å². The van der Waals surface area contributed by atoms with Gasteiger partial charge in [-0.2, -0.15) is 0 Å². The molecule has 18 heavy (non-hydrogen) atoms.